The van der Waals surface area contributed by atoms with Gasteiger partial charge in [-0.15, -0.1) is 0 Å². The van der Waals surface area contributed by atoms with Crippen molar-refractivity contribution in [2.45, 2.75) is 26.8 Å². The van der Waals surface area contributed by atoms with E-state index in [1.165, 1.54) is 6.20 Å². The number of amides is 2. The van der Waals surface area contributed by atoms with Gasteiger partial charge in [0.1, 0.15) is 0 Å². The molecule has 2 aromatic heterocycles. The van der Waals surface area contributed by atoms with Crippen molar-refractivity contribution in [3.05, 3.63) is 69.2 Å². The monoisotopic (exact) mass is 443 g/mol. The maximum atomic E-state index is 13.3. The number of aromatic nitrogens is 3. The first-order valence-electron chi connectivity index (χ1n) is 9.35. The van der Waals surface area contributed by atoms with Crippen molar-refractivity contribution in [2.24, 2.45) is 0 Å². The van der Waals surface area contributed by atoms with E-state index in [0.717, 1.165) is 11.4 Å². The number of nitrogens with one attached hydrogen (secondary N) is 1. The molecule has 1 aromatic carbocycles. The largest absolute Gasteiger partial charge is 0.319 e. The number of pyridine rings is 1. The van der Waals surface area contributed by atoms with Crippen LogP contribution in [-0.4, -0.2) is 33.1 Å². The van der Waals surface area contributed by atoms with Crippen LogP contribution in [0.4, 0.5) is 11.4 Å². The highest BCUT2D eigenvalue weighted by Crippen LogP contribution is 2.33. The molecule has 0 saturated heterocycles. The third kappa shape index (κ3) is 3.66. The van der Waals surface area contributed by atoms with E-state index in [1.54, 1.807) is 39.9 Å². The molecule has 3 aromatic rings. The molecule has 7 nitrogen and oxygen atoms in total. The molecule has 2 amide bonds. The standard InChI is InChI=1S/C21H19Cl2N5O2/c1-11-6-14(7-12(2)25-11)20(29)26-18-9-24-28-13(3)10-27(21(30)19(18)28)15-4-5-16(22)17(23)8-15/h4-9,13H,10H2,1-3H3,(H,26,29)/t13-/m0/s1. The van der Waals surface area contributed by atoms with E-state index in [0.29, 0.717) is 39.2 Å². The highest BCUT2D eigenvalue weighted by Gasteiger charge is 2.34. The van der Waals surface area contributed by atoms with Crippen LogP contribution in [0, 0.1) is 13.8 Å². The number of anilines is 2. The molecule has 3 heterocycles. The fourth-order valence-corrected chi connectivity index (χ4v) is 3.88. The van der Waals surface area contributed by atoms with E-state index in [1.807, 2.05) is 20.8 Å². The highest BCUT2D eigenvalue weighted by atomic mass is 35.5. The minimum Gasteiger partial charge on any atom is -0.319 e. The number of fused-ring (bicyclic) bond motifs is 1. The van der Waals surface area contributed by atoms with Crippen LogP contribution in [0.15, 0.2) is 36.5 Å². The zero-order valence-corrected chi connectivity index (χ0v) is 18.1. The summed E-state index contributed by atoms with van der Waals surface area (Å²) in [5.74, 6) is -0.604. The van der Waals surface area contributed by atoms with Crippen LogP contribution in [0.25, 0.3) is 0 Å². The second-order valence-electron chi connectivity index (χ2n) is 7.31. The minimum absolute atomic E-state index is 0.0942. The van der Waals surface area contributed by atoms with Crippen LogP contribution >= 0.6 is 23.2 Å². The van der Waals surface area contributed by atoms with E-state index in [2.05, 4.69) is 15.4 Å². The number of carbonyl (C=O) groups excluding carboxylic acids is 2. The molecule has 0 fully saturated rings. The molecule has 30 heavy (non-hydrogen) atoms. The average Bonchev–Trinajstić information content (AvgIpc) is 3.10. The summed E-state index contributed by atoms with van der Waals surface area (Å²) < 4.78 is 1.63. The van der Waals surface area contributed by atoms with Gasteiger partial charge in [-0.25, -0.2) is 0 Å². The number of hydrogen-bond acceptors (Lipinski definition) is 4. The van der Waals surface area contributed by atoms with Crippen LogP contribution < -0.4 is 10.2 Å². The molecule has 0 radical (unpaired) electrons. The molecule has 154 valence electrons. The summed E-state index contributed by atoms with van der Waals surface area (Å²) in [7, 11) is 0. The number of benzene rings is 1. The lowest BCUT2D eigenvalue weighted by molar-refractivity contribution is 0.0954. The van der Waals surface area contributed by atoms with Crippen molar-refractivity contribution in [1.29, 1.82) is 0 Å². The molecule has 4 rings (SSSR count). The van der Waals surface area contributed by atoms with Crippen LogP contribution in [0.2, 0.25) is 10.0 Å². The summed E-state index contributed by atoms with van der Waals surface area (Å²) in [6.07, 6.45) is 1.50. The molecule has 0 bridgehead atoms. The summed E-state index contributed by atoms with van der Waals surface area (Å²) in [6, 6.07) is 8.35. The maximum Gasteiger partial charge on any atom is 0.278 e. The first-order valence-corrected chi connectivity index (χ1v) is 10.1. The molecule has 1 aliphatic rings. The van der Waals surface area contributed by atoms with E-state index in [9.17, 15) is 9.59 Å². The van der Waals surface area contributed by atoms with E-state index < -0.39 is 0 Å². The fourth-order valence-electron chi connectivity index (χ4n) is 3.59. The average molecular weight is 444 g/mol. The maximum absolute atomic E-state index is 13.3. The van der Waals surface area contributed by atoms with Crippen molar-refractivity contribution in [3.63, 3.8) is 0 Å². The SMILES string of the molecule is Cc1cc(C(=O)Nc2cnn3c2C(=O)N(c2ccc(Cl)c(Cl)c2)C[C@@H]3C)cc(C)n1. The van der Waals surface area contributed by atoms with Gasteiger partial charge in [0.15, 0.2) is 5.69 Å². The predicted octanol–water partition coefficient (Wildman–Crippen LogP) is 4.68. The van der Waals surface area contributed by atoms with Gasteiger partial charge < -0.3 is 10.2 Å². The molecule has 0 unspecified atom stereocenters. The third-order valence-electron chi connectivity index (χ3n) is 4.91. The lowest BCUT2D eigenvalue weighted by Crippen LogP contribution is -2.43. The second kappa shape index (κ2) is 7.74. The lowest BCUT2D eigenvalue weighted by atomic mass is 10.1. The van der Waals surface area contributed by atoms with Crippen LogP contribution in [0.1, 0.15) is 45.2 Å². The van der Waals surface area contributed by atoms with Crippen LogP contribution in [0.3, 0.4) is 0 Å². The van der Waals surface area contributed by atoms with Gasteiger partial charge in [0.25, 0.3) is 11.8 Å². The number of nitrogens with zero attached hydrogens (tertiary/aromatic N) is 4. The lowest BCUT2D eigenvalue weighted by Gasteiger charge is -2.32. The fraction of sp³-hybridized carbons (Fsp3) is 0.238. The summed E-state index contributed by atoms with van der Waals surface area (Å²) in [6.45, 7) is 6.02. The summed E-state index contributed by atoms with van der Waals surface area (Å²) >= 11 is 12.1. The Morgan fingerprint density at radius 3 is 2.50 bits per heavy atom. The number of aryl methyl sites for hydroxylation is 2. The number of halogens is 2. The molecule has 1 N–H and O–H groups in total. The Kier molecular flexibility index (Phi) is 5.26. The van der Waals surface area contributed by atoms with E-state index in [-0.39, 0.29) is 17.9 Å². The van der Waals surface area contributed by atoms with Crippen molar-refractivity contribution in [3.8, 4) is 0 Å². The molecule has 0 spiro atoms. The third-order valence-corrected chi connectivity index (χ3v) is 5.65. The van der Waals surface area contributed by atoms with Gasteiger partial charge >= 0.3 is 0 Å². The first-order chi connectivity index (χ1) is 14.2. The van der Waals surface area contributed by atoms with Gasteiger partial charge in [0.05, 0.1) is 28.0 Å². The smallest absolute Gasteiger partial charge is 0.278 e. The topological polar surface area (TPSA) is 80.1 Å². The number of rotatable bonds is 3. The van der Waals surface area contributed by atoms with E-state index >= 15 is 0 Å². The summed E-state index contributed by atoms with van der Waals surface area (Å²) in [4.78, 5) is 32.0. The Labute approximate surface area is 183 Å². The Bertz CT molecular complexity index is 1150. The normalized spacial score (nSPS) is 15.8. The van der Waals surface area contributed by atoms with Crippen molar-refractivity contribution in [2.75, 3.05) is 16.8 Å². The highest BCUT2D eigenvalue weighted by molar-refractivity contribution is 6.42. The quantitative estimate of drug-likeness (QED) is 0.637. The van der Waals surface area contributed by atoms with Crippen LogP contribution in [0.5, 0.6) is 0 Å². The Morgan fingerprint density at radius 2 is 1.83 bits per heavy atom. The Morgan fingerprint density at radius 1 is 1.13 bits per heavy atom. The minimum atomic E-state index is -0.327. The van der Waals surface area contributed by atoms with Crippen LogP contribution in [-0.2, 0) is 0 Å². The molecular formula is C21H19Cl2N5O2. The zero-order valence-electron chi connectivity index (χ0n) is 16.6. The van der Waals surface area contributed by atoms with Crippen molar-refractivity contribution >= 4 is 46.4 Å². The molecule has 0 saturated carbocycles. The zero-order chi connectivity index (χ0) is 21.6. The predicted molar refractivity (Wildman–Crippen MR) is 117 cm³/mol. The summed E-state index contributed by atoms with van der Waals surface area (Å²) in [5.41, 5.74) is 3.26. The van der Waals surface area contributed by atoms with Gasteiger partial charge in [-0.05, 0) is 51.1 Å². The van der Waals surface area contributed by atoms with Gasteiger partial charge in [-0.3, -0.25) is 19.3 Å². The van der Waals surface area contributed by atoms with Gasteiger partial charge in [-0.1, -0.05) is 23.2 Å². The van der Waals surface area contributed by atoms with Gasteiger partial charge in [0.2, 0.25) is 0 Å². The van der Waals surface area contributed by atoms with Gasteiger partial charge in [-0.2, -0.15) is 5.10 Å². The molecule has 1 aliphatic heterocycles. The van der Waals surface area contributed by atoms with E-state index in [4.69, 9.17) is 23.2 Å². The first kappa shape index (κ1) is 20.4. The van der Waals surface area contributed by atoms with Crippen molar-refractivity contribution < 1.29 is 9.59 Å². The van der Waals surface area contributed by atoms with Crippen molar-refractivity contribution in [1.82, 2.24) is 14.8 Å². The Balaban J connectivity index is 1.67. The van der Waals surface area contributed by atoms with Gasteiger partial charge in [0, 0.05) is 29.2 Å². The number of hydrogen-bond donors (Lipinski definition) is 1. The summed E-state index contributed by atoms with van der Waals surface area (Å²) in [5, 5.41) is 7.93. The molecule has 1 atom stereocenters. The second-order valence-corrected chi connectivity index (χ2v) is 8.12. The number of carbonyl (C=O) groups is 2. The molecule has 9 heteroatoms. The Hall–Kier alpha value is -2.90. The molecular weight excluding hydrogens is 425 g/mol. The molecule has 0 aliphatic carbocycles.